The zero-order valence-electron chi connectivity index (χ0n) is 12.0. The molecule has 2 unspecified atom stereocenters. The summed E-state index contributed by atoms with van der Waals surface area (Å²) < 4.78 is 0. The van der Waals surface area contributed by atoms with Crippen molar-refractivity contribution in [2.75, 3.05) is 19.6 Å². The number of nitrogens with one attached hydrogen (secondary N) is 1. The average Bonchev–Trinajstić information content (AvgIpc) is 2.43. The quantitative estimate of drug-likeness (QED) is 0.734. The maximum Gasteiger partial charge on any atom is 0.257 e. The van der Waals surface area contributed by atoms with E-state index < -0.39 is 0 Å². The lowest BCUT2D eigenvalue weighted by Gasteiger charge is -2.37. The molecule has 5 heteroatoms. The summed E-state index contributed by atoms with van der Waals surface area (Å²) in [6.45, 7) is 6.45. The minimum Gasteiger partial charge on any atom is -0.508 e. The van der Waals surface area contributed by atoms with E-state index in [1.54, 1.807) is 4.90 Å². The van der Waals surface area contributed by atoms with Gasteiger partial charge < -0.3 is 20.4 Å². The minimum absolute atomic E-state index is 0.0123. The van der Waals surface area contributed by atoms with Crippen LogP contribution in [0.25, 0.3) is 0 Å². The number of phenols is 2. The number of phenolic OH excluding ortho intramolecular Hbond substituents is 2. The Morgan fingerprint density at radius 1 is 1.45 bits per heavy atom. The molecule has 1 saturated heterocycles. The Bertz CT molecular complexity index is 490. The summed E-state index contributed by atoms with van der Waals surface area (Å²) in [5, 5.41) is 22.7. The number of likely N-dealkylation sites (tertiary alicyclic amines) is 1. The van der Waals surface area contributed by atoms with E-state index in [0.29, 0.717) is 25.0 Å². The summed E-state index contributed by atoms with van der Waals surface area (Å²) in [5.41, 5.74) is 0.166. The molecule has 2 atom stereocenters. The molecule has 0 aromatic heterocycles. The zero-order chi connectivity index (χ0) is 14.7. The van der Waals surface area contributed by atoms with Gasteiger partial charge in [0.15, 0.2) is 0 Å². The van der Waals surface area contributed by atoms with E-state index >= 15 is 0 Å². The molecule has 5 nitrogen and oxygen atoms in total. The van der Waals surface area contributed by atoms with Crippen molar-refractivity contribution in [1.82, 2.24) is 10.2 Å². The number of hydrogen-bond donors (Lipinski definition) is 3. The topological polar surface area (TPSA) is 72.8 Å². The van der Waals surface area contributed by atoms with Crippen LogP contribution < -0.4 is 5.32 Å². The SMILES string of the molecule is CCNC1CCN(C(=O)c2cc(O)ccc2O)CC1C. The predicted molar refractivity (Wildman–Crippen MR) is 76.9 cm³/mol. The van der Waals surface area contributed by atoms with Gasteiger partial charge in [-0.1, -0.05) is 13.8 Å². The first-order chi connectivity index (χ1) is 9.52. The summed E-state index contributed by atoms with van der Waals surface area (Å²) in [6, 6.07) is 4.46. The molecular weight excluding hydrogens is 256 g/mol. The van der Waals surface area contributed by atoms with Crippen LogP contribution in [0.5, 0.6) is 11.5 Å². The maximum absolute atomic E-state index is 12.4. The molecule has 1 aromatic carbocycles. The fraction of sp³-hybridized carbons (Fsp3) is 0.533. The van der Waals surface area contributed by atoms with Gasteiger partial charge in [-0.25, -0.2) is 0 Å². The molecule has 1 amide bonds. The Balaban J connectivity index is 2.09. The molecule has 1 fully saturated rings. The number of nitrogens with zero attached hydrogens (tertiary/aromatic N) is 1. The van der Waals surface area contributed by atoms with E-state index in [2.05, 4.69) is 19.2 Å². The lowest BCUT2D eigenvalue weighted by Crippen LogP contribution is -2.50. The third-order valence-electron chi connectivity index (χ3n) is 3.87. The molecule has 0 aliphatic carbocycles. The van der Waals surface area contributed by atoms with E-state index in [-0.39, 0.29) is 23.0 Å². The van der Waals surface area contributed by atoms with E-state index in [0.717, 1.165) is 13.0 Å². The maximum atomic E-state index is 12.4. The lowest BCUT2D eigenvalue weighted by molar-refractivity contribution is 0.0643. The smallest absolute Gasteiger partial charge is 0.257 e. The third-order valence-corrected chi connectivity index (χ3v) is 3.87. The number of aromatic hydroxyl groups is 2. The highest BCUT2D eigenvalue weighted by molar-refractivity contribution is 5.97. The molecule has 0 radical (unpaired) electrons. The standard InChI is InChI=1S/C15H22N2O3/c1-3-16-13-6-7-17(9-10(13)2)15(20)12-8-11(18)4-5-14(12)19/h4-5,8,10,13,16,18-19H,3,6-7,9H2,1-2H3. The largest absolute Gasteiger partial charge is 0.508 e. The highest BCUT2D eigenvalue weighted by Gasteiger charge is 2.29. The van der Waals surface area contributed by atoms with Gasteiger partial charge >= 0.3 is 0 Å². The summed E-state index contributed by atoms with van der Waals surface area (Å²) in [5.74, 6) is 0.0447. The number of benzene rings is 1. The van der Waals surface area contributed by atoms with Gasteiger partial charge in [-0.05, 0) is 37.1 Å². The molecule has 1 heterocycles. The van der Waals surface area contributed by atoms with Gasteiger partial charge in [0.2, 0.25) is 0 Å². The third kappa shape index (κ3) is 3.04. The van der Waals surface area contributed by atoms with Crippen molar-refractivity contribution in [2.24, 2.45) is 5.92 Å². The van der Waals surface area contributed by atoms with Crippen LogP contribution in [-0.4, -0.2) is 46.7 Å². The Morgan fingerprint density at radius 2 is 2.20 bits per heavy atom. The monoisotopic (exact) mass is 278 g/mol. The van der Waals surface area contributed by atoms with Crippen molar-refractivity contribution in [3.8, 4) is 11.5 Å². The predicted octanol–water partition coefficient (Wildman–Crippen LogP) is 1.56. The van der Waals surface area contributed by atoms with Crippen molar-refractivity contribution >= 4 is 5.91 Å². The van der Waals surface area contributed by atoms with Crippen LogP contribution in [0.1, 0.15) is 30.6 Å². The molecule has 0 spiro atoms. The highest BCUT2D eigenvalue weighted by atomic mass is 16.3. The summed E-state index contributed by atoms with van der Waals surface area (Å²) in [6.07, 6.45) is 0.903. The summed E-state index contributed by atoms with van der Waals surface area (Å²) in [4.78, 5) is 14.2. The first-order valence-electron chi connectivity index (χ1n) is 7.07. The van der Waals surface area contributed by atoms with Crippen LogP contribution in [0.4, 0.5) is 0 Å². The first kappa shape index (κ1) is 14.7. The van der Waals surface area contributed by atoms with Gasteiger partial charge in [-0.15, -0.1) is 0 Å². The zero-order valence-corrected chi connectivity index (χ0v) is 12.0. The highest BCUT2D eigenvalue weighted by Crippen LogP contribution is 2.26. The van der Waals surface area contributed by atoms with E-state index in [1.165, 1.54) is 18.2 Å². The van der Waals surface area contributed by atoms with Gasteiger partial charge in [-0.3, -0.25) is 4.79 Å². The molecule has 1 aromatic rings. The first-order valence-corrected chi connectivity index (χ1v) is 7.07. The normalized spacial score (nSPS) is 22.8. The molecule has 2 rings (SSSR count). The molecule has 3 N–H and O–H groups in total. The van der Waals surface area contributed by atoms with Crippen LogP contribution in [-0.2, 0) is 0 Å². The number of carbonyl (C=O) groups is 1. The number of carbonyl (C=O) groups excluding carboxylic acids is 1. The second-order valence-corrected chi connectivity index (χ2v) is 5.38. The van der Waals surface area contributed by atoms with E-state index in [4.69, 9.17) is 0 Å². The molecule has 1 aliphatic heterocycles. The Kier molecular flexibility index (Phi) is 4.49. The minimum atomic E-state index is -0.222. The van der Waals surface area contributed by atoms with Crippen LogP contribution in [0.2, 0.25) is 0 Å². The summed E-state index contributed by atoms with van der Waals surface area (Å²) in [7, 11) is 0. The molecule has 0 bridgehead atoms. The van der Waals surface area contributed by atoms with Crippen molar-refractivity contribution in [3.63, 3.8) is 0 Å². The molecule has 1 aliphatic rings. The number of amides is 1. The van der Waals surface area contributed by atoms with Gasteiger partial charge in [0, 0.05) is 19.1 Å². The Morgan fingerprint density at radius 3 is 2.85 bits per heavy atom. The van der Waals surface area contributed by atoms with Crippen LogP contribution in [0.3, 0.4) is 0 Å². The number of rotatable bonds is 3. The molecule has 0 saturated carbocycles. The average molecular weight is 278 g/mol. The molecule has 110 valence electrons. The van der Waals surface area contributed by atoms with Crippen molar-refractivity contribution < 1.29 is 15.0 Å². The molecule has 20 heavy (non-hydrogen) atoms. The number of piperidine rings is 1. The van der Waals surface area contributed by atoms with Gasteiger partial charge in [0.05, 0.1) is 5.56 Å². The number of hydrogen-bond acceptors (Lipinski definition) is 4. The fourth-order valence-corrected chi connectivity index (χ4v) is 2.76. The van der Waals surface area contributed by atoms with Crippen LogP contribution in [0, 0.1) is 5.92 Å². The van der Waals surface area contributed by atoms with Crippen molar-refractivity contribution in [2.45, 2.75) is 26.3 Å². The van der Waals surface area contributed by atoms with Crippen molar-refractivity contribution in [1.29, 1.82) is 0 Å². The molecular formula is C15H22N2O3. The summed E-state index contributed by atoms with van der Waals surface area (Å²) >= 11 is 0. The Hall–Kier alpha value is -1.75. The van der Waals surface area contributed by atoms with Gasteiger partial charge in [0.25, 0.3) is 5.91 Å². The van der Waals surface area contributed by atoms with Gasteiger partial charge in [-0.2, -0.15) is 0 Å². The second kappa shape index (κ2) is 6.13. The lowest BCUT2D eigenvalue weighted by atomic mass is 9.93. The fourth-order valence-electron chi connectivity index (χ4n) is 2.76. The van der Waals surface area contributed by atoms with E-state index in [9.17, 15) is 15.0 Å². The van der Waals surface area contributed by atoms with Gasteiger partial charge in [0.1, 0.15) is 11.5 Å². The Labute approximate surface area is 119 Å². The van der Waals surface area contributed by atoms with Crippen molar-refractivity contribution in [3.05, 3.63) is 23.8 Å². The second-order valence-electron chi connectivity index (χ2n) is 5.38. The van der Waals surface area contributed by atoms with Crippen LogP contribution in [0.15, 0.2) is 18.2 Å². The van der Waals surface area contributed by atoms with E-state index in [1.807, 2.05) is 0 Å². The van der Waals surface area contributed by atoms with Crippen LogP contribution >= 0.6 is 0 Å².